The lowest BCUT2D eigenvalue weighted by atomic mass is 10.3. The van der Waals surface area contributed by atoms with Gasteiger partial charge in [0.15, 0.2) is 0 Å². The minimum Gasteiger partial charge on any atom is -0.349 e. The molecule has 7 nitrogen and oxygen atoms in total. The summed E-state index contributed by atoms with van der Waals surface area (Å²) in [4.78, 5) is 40.7. The van der Waals surface area contributed by atoms with Gasteiger partial charge in [-0.3, -0.25) is 23.7 Å². The van der Waals surface area contributed by atoms with Gasteiger partial charge >= 0.3 is 0 Å². The van der Waals surface area contributed by atoms with Crippen molar-refractivity contribution in [3.8, 4) is 0 Å². The molecule has 3 heterocycles. The molecule has 3 rings (SSSR count). The van der Waals surface area contributed by atoms with Crippen LogP contribution in [0.2, 0.25) is 0 Å². The van der Waals surface area contributed by atoms with Crippen molar-refractivity contribution in [2.45, 2.75) is 6.92 Å². The molecule has 0 aromatic carbocycles. The maximum atomic E-state index is 12.3. The molecule has 2 aromatic heterocycles. The van der Waals surface area contributed by atoms with Crippen LogP contribution in [0, 0.1) is 6.92 Å². The van der Waals surface area contributed by atoms with Gasteiger partial charge in [0.2, 0.25) is 5.91 Å². The van der Waals surface area contributed by atoms with Gasteiger partial charge in [-0.05, 0) is 19.1 Å². The number of aromatic nitrogens is 2. The summed E-state index contributed by atoms with van der Waals surface area (Å²) in [6.07, 6.45) is 1.77. The van der Waals surface area contributed by atoms with Gasteiger partial charge in [-0.25, -0.2) is 4.98 Å². The maximum absolute atomic E-state index is 12.3. The molecule has 22 heavy (non-hydrogen) atoms. The highest BCUT2D eigenvalue weighted by atomic mass is 32.2. The third kappa shape index (κ3) is 2.57. The molecule has 114 valence electrons. The standard InChI is InChI=1S/C14H14N4O3S/c1-9-12(17-6-3-2-4-10(17)16-9)13(20)15-5-7-18-11(19)8-22-14(18)21/h2-4,6H,5,7-8H2,1H3,(H,15,20). The Balaban J connectivity index is 1.68. The van der Waals surface area contributed by atoms with Crippen molar-refractivity contribution >= 4 is 34.5 Å². The number of thioether (sulfide) groups is 1. The fourth-order valence-corrected chi connectivity index (χ4v) is 3.10. The zero-order valence-electron chi connectivity index (χ0n) is 11.9. The highest BCUT2D eigenvalue weighted by Gasteiger charge is 2.29. The van der Waals surface area contributed by atoms with Crippen molar-refractivity contribution in [1.82, 2.24) is 19.6 Å². The first-order chi connectivity index (χ1) is 10.6. The van der Waals surface area contributed by atoms with Crippen molar-refractivity contribution in [1.29, 1.82) is 0 Å². The second-order valence-electron chi connectivity index (χ2n) is 4.83. The lowest BCUT2D eigenvalue weighted by Crippen LogP contribution is -2.37. The summed E-state index contributed by atoms with van der Waals surface area (Å²) in [5.74, 6) is -0.308. The number of carbonyl (C=O) groups is 3. The molecular weight excluding hydrogens is 304 g/mol. The van der Waals surface area contributed by atoms with E-state index < -0.39 is 0 Å². The van der Waals surface area contributed by atoms with Crippen LogP contribution >= 0.6 is 11.8 Å². The van der Waals surface area contributed by atoms with Crippen molar-refractivity contribution in [3.05, 3.63) is 35.8 Å². The largest absolute Gasteiger partial charge is 0.349 e. The molecule has 0 bridgehead atoms. The highest BCUT2D eigenvalue weighted by Crippen LogP contribution is 2.17. The number of fused-ring (bicyclic) bond motifs is 1. The van der Waals surface area contributed by atoms with E-state index in [0.29, 0.717) is 17.0 Å². The van der Waals surface area contributed by atoms with Gasteiger partial charge in [-0.2, -0.15) is 0 Å². The van der Waals surface area contributed by atoms with Crippen molar-refractivity contribution in [3.63, 3.8) is 0 Å². The molecule has 0 atom stereocenters. The van der Waals surface area contributed by atoms with E-state index in [1.54, 1.807) is 17.5 Å². The number of nitrogens with one attached hydrogen (secondary N) is 1. The molecule has 1 aliphatic rings. The number of nitrogens with zero attached hydrogens (tertiary/aromatic N) is 3. The maximum Gasteiger partial charge on any atom is 0.288 e. The zero-order chi connectivity index (χ0) is 15.7. The van der Waals surface area contributed by atoms with Gasteiger partial charge in [0, 0.05) is 19.3 Å². The van der Waals surface area contributed by atoms with Crippen molar-refractivity contribution < 1.29 is 14.4 Å². The van der Waals surface area contributed by atoms with Crippen LogP contribution in [-0.2, 0) is 4.79 Å². The van der Waals surface area contributed by atoms with E-state index in [-0.39, 0.29) is 35.9 Å². The van der Waals surface area contributed by atoms with Crippen LogP contribution in [0.1, 0.15) is 16.2 Å². The third-order valence-electron chi connectivity index (χ3n) is 3.38. The first-order valence-electron chi connectivity index (χ1n) is 6.77. The van der Waals surface area contributed by atoms with Gasteiger partial charge in [0.1, 0.15) is 11.3 Å². The molecule has 0 radical (unpaired) electrons. The van der Waals surface area contributed by atoms with E-state index in [1.165, 1.54) is 0 Å². The Bertz CT molecular complexity index is 755. The Kier molecular flexibility index (Phi) is 3.84. The number of imide groups is 1. The lowest BCUT2D eigenvalue weighted by molar-refractivity contribution is -0.124. The predicted molar refractivity (Wildman–Crippen MR) is 81.8 cm³/mol. The molecule has 0 aliphatic carbocycles. The Morgan fingerprint density at radius 2 is 2.23 bits per heavy atom. The van der Waals surface area contributed by atoms with Crippen LogP contribution in [0.25, 0.3) is 5.65 Å². The minimum atomic E-state index is -0.275. The average molecular weight is 318 g/mol. The lowest BCUT2D eigenvalue weighted by Gasteiger charge is -2.13. The average Bonchev–Trinajstić information content (AvgIpc) is 2.99. The van der Waals surface area contributed by atoms with Gasteiger partial charge in [-0.1, -0.05) is 17.8 Å². The molecular formula is C14H14N4O3S. The second-order valence-corrected chi connectivity index (χ2v) is 5.76. The summed E-state index contributed by atoms with van der Waals surface area (Å²) in [5.41, 5.74) is 1.79. The Morgan fingerprint density at radius 3 is 2.95 bits per heavy atom. The molecule has 0 spiro atoms. The van der Waals surface area contributed by atoms with Crippen LogP contribution in [0.3, 0.4) is 0 Å². The monoisotopic (exact) mass is 318 g/mol. The van der Waals surface area contributed by atoms with Crippen LogP contribution in [0.15, 0.2) is 24.4 Å². The number of rotatable bonds is 4. The highest BCUT2D eigenvalue weighted by molar-refractivity contribution is 8.14. The van der Waals surface area contributed by atoms with Gasteiger partial charge < -0.3 is 5.32 Å². The number of pyridine rings is 1. The number of aryl methyl sites for hydroxylation is 1. The summed E-state index contributed by atoms with van der Waals surface area (Å²) in [7, 11) is 0. The normalized spacial score (nSPS) is 14.9. The van der Waals surface area contributed by atoms with E-state index in [0.717, 1.165) is 16.7 Å². The molecule has 0 unspecified atom stereocenters. The van der Waals surface area contributed by atoms with Gasteiger partial charge in [0.25, 0.3) is 11.1 Å². The topological polar surface area (TPSA) is 83.8 Å². The molecule has 3 amide bonds. The Hall–Kier alpha value is -2.35. The molecule has 1 fully saturated rings. The molecule has 2 aromatic rings. The molecule has 8 heteroatoms. The number of carbonyl (C=O) groups excluding carboxylic acids is 3. The van der Waals surface area contributed by atoms with Crippen LogP contribution in [-0.4, -0.2) is 50.2 Å². The van der Waals surface area contributed by atoms with Gasteiger partial charge in [-0.15, -0.1) is 0 Å². The summed E-state index contributed by atoms with van der Waals surface area (Å²) in [5, 5.41) is 2.47. The zero-order valence-corrected chi connectivity index (χ0v) is 12.7. The fourth-order valence-electron chi connectivity index (χ4n) is 2.35. The number of imidazole rings is 1. The summed E-state index contributed by atoms with van der Waals surface area (Å²) in [6, 6.07) is 5.50. The van der Waals surface area contributed by atoms with Crippen LogP contribution in [0.4, 0.5) is 4.79 Å². The number of hydrogen-bond donors (Lipinski definition) is 1. The molecule has 1 N–H and O–H groups in total. The van der Waals surface area contributed by atoms with Crippen molar-refractivity contribution in [2.75, 3.05) is 18.8 Å². The summed E-state index contributed by atoms with van der Waals surface area (Å²) < 4.78 is 1.71. The van der Waals surface area contributed by atoms with Crippen LogP contribution in [0.5, 0.6) is 0 Å². The van der Waals surface area contributed by atoms with Gasteiger partial charge in [0.05, 0.1) is 11.4 Å². The number of amides is 3. The minimum absolute atomic E-state index is 0.180. The Morgan fingerprint density at radius 1 is 1.41 bits per heavy atom. The first kappa shape index (κ1) is 14.6. The summed E-state index contributed by atoms with van der Waals surface area (Å²) >= 11 is 0.985. The summed E-state index contributed by atoms with van der Waals surface area (Å²) in [6.45, 7) is 2.18. The molecule has 1 aliphatic heterocycles. The Labute approximate surface area is 130 Å². The quantitative estimate of drug-likeness (QED) is 0.911. The van der Waals surface area contributed by atoms with E-state index in [4.69, 9.17) is 0 Å². The predicted octanol–water partition coefficient (Wildman–Crippen LogP) is 1.07. The molecule has 0 saturated carbocycles. The first-order valence-corrected chi connectivity index (χ1v) is 7.75. The smallest absolute Gasteiger partial charge is 0.288 e. The van der Waals surface area contributed by atoms with E-state index in [1.807, 2.05) is 18.2 Å². The SMILES string of the molecule is Cc1nc2ccccn2c1C(=O)NCCN1C(=O)CSC1=O. The van der Waals surface area contributed by atoms with Crippen LogP contribution < -0.4 is 5.32 Å². The van der Waals surface area contributed by atoms with Crippen molar-refractivity contribution in [2.24, 2.45) is 0 Å². The van der Waals surface area contributed by atoms with E-state index in [9.17, 15) is 14.4 Å². The van der Waals surface area contributed by atoms with E-state index in [2.05, 4.69) is 10.3 Å². The fraction of sp³-hybridized carbons (Fsp3) is 0.286. The second kappa shape index (κ2) is 5.80. The third-order valence-corrected chi connectivity index (χ3v) is 4.24. The number of hydrogen-bond acceptors (Lipinski definition) is 5. The molecule has 1 saturated heterocycles. The van der Waals surface area contributed by atoms with E-state index >= 15 is 0 Å².